The van der Waals surface area contributed by atoms with E-state index in [9.17, 15) is 9.90 Å². The third kappa shape index (κ3) is 4.40. The quantitative estimate of drug-likeness (QED) is 0.842. The second-order valence-electron chi connectivity index (χ2n) is 4.66. The summed E-state index contributed by atoms with van der Waals surface area (Å²) in [4.78, 5) is 11.4. The fraction of sp³-hybridized carbons (Fsp3) is 0.235. The Hall–Kier alpha value is -2.20. The molecule has 0 saturated heterocycles. The van der Waals surface area contributed by atoms with Crippen LogP contribution in [0.4, 0.5) is 0 Å². The highest BCUT2D eigenvalue weighted by molar-refractivity contribution is 6.32. The molecule has 0 aliphatic rings. The maximum atomic E-state index is 11.4. The SMILES string of the molecule is CCOc1ccc(C[C@@H](Oc2ccccc2Cl)C(=O)O)cc1. The average Bonchev–Trinajstić information content (AvgIpc) is 2.50. The van der Waals surface area contributed by atoms with Crippen molar-refractivity contribution in [2.75, 3.05) is 6.61 Å². The summed E-state index contributed by atoms with van der Waals surface area (Å²) < 4.78 is 10.9. The van der Waals surface area contributed by atoms with Crippen LogP contribution in [0.5, 0.6) is 11.5 Å². The van der Waals surface area contributed by atoms with E-state index >= 15 is 0 Å². The molecule has 1 atom stereocenters. The highest BCUT2D eigenvalue weighted by atomic mass is 35.5. The van der Waals surface area contributed by atoms with Crippen LogP contribution >= 0.6 is 11.6 Å². The molecule has 0 radical (unpaired) electrons. The summed E-state index contributed by atoms with van der Waals surface area (Å²) in [5.74, 6) is 0.0847. The molecule has 0 aromatic heterocycles. The first-order chi connectivity index (χ1) is 10.6. The molecular weight excluding hydrogens is 304 g/mol. The molecule has 0 spiro atoms. The standard InChI is InChI=1S/C17H17ClO4/c1-2-21-13-9-7-12(8-10-13)11-16(17(19)20)22-15-6-4-3-5-14(15)18/h3-10,16H,2,11H2,1H3,(H,19,20)/t16-/m1/s1. The van der Waals surface area contributed by atoms with Gasteiger partial charge in [0, 0.05) is 6.42 Å². The molecule has 0 aliphatic heterocycles. The third-order valence-electron chi connectivity index (χ3n) is 3.04. The van der Waals surface area contributed by atoms with Gasteiger partial charge in [0.25, 0.3) is 0 Å². The van der Waals surface area contributed by atoms with Gasteiger partial charge in [-0.25, -0.2) is 4.79 Å². The molecule has 5 heteroatoms. The minimum Gasteiger partial charge on any atom is -0.494 e. The Balaban J connectivity index is 2.09. The molecule has 0 aliphatic carbocycles. The van der Waals surface area contributed by atoms with Crippen LogP contribution in [0.15, 0.2) is 48.5 Å². The van der Waals surface area contributed by atoms with E-state index in [1.165, 1.54) is 0 Å². The van der Waals surface area contributed by atoms with Crippen LogP contribution in [0.1, 0.15) is 12.5 Å². The van der Waals surface area contributed by atoms with Gasteiger partial charge in [-0.3, -0.25) is 0 Å². The molecular formula is C17H17ClO4. The van der Waals surface area contributed by atoms with E-state index in [0.29, 0.717) is 17.4 Å². The van der Waals surface area contributed by atoms with Crippen molar-refractivity contribution in [1.82, 2.24) is 0 Å². The van der Waals surface area contributed by atoms with Crippen molar-refractivity contribution >= 4 is 17.6 Å². The van der Waals surface area contributed by atoms with Crippen LogP contribution in [0.2, 0.25) is 5.02 Å². The summed E-state index contributed by atoms with van der Waals surface area (Å²) in [7, 11) is 0. The Morgan fingerprint density at radius 2 is 1.86 bits per heavy atom. The maximum absolute atomic E-state index is 11.4. The van der Waals surface area contributed by atoms with Crippen LogP contribution < -0.4 is 9.47 Å². The average molecular weight is 321 g/mol. The predicted octanol–water partition coefficient (Wildman–Crippen LogP) is 3.81. The van der Waals surface area contributed by atoms with Gasteiger partial charge in [0.1, 0.15) is 11.5 Å². The zero-order valence-electron chi connectivity index (χ0n) is 12.2. The molecule has 0 amide bonds. The second-order valence-corrected chi connectivity index (χ2v) is 5.06. The maximum Gasteiger partial charge on any atom is 0.345 e. The van der Waals surface area contributed by atoms with E-state index in [4.69, 9.17) is 21.1 Å². The molecule has 0 unspecified atom stereocenters. The van der Waals surface area contributed by atoms with Gasteiger partial charge >= 0.3 is 5.97 Å². The van der Waals surface area contributed by atoms with E-state index in [2.05, 4.69) is 0 Å². The van der Waals surface area contributed by atoms with Crippen LogP contribution in [0.3, 0.4) is 0 Å². The number of carboxylic acids is 1. The van der Waals surface area contributed by atoms with E-state index in [1.807, 2.05) is 31.2 Å². The van der Waals surface area contributed by atoms with E-state index in [-0.39, 0.29) is 6.42 Å². The molecule has 2 aromatic carbocycles. The van der Waals surface area contributed by atoms with Crippen molar-refractivity contribution in [3.8, 4) is 11.5 Å². The summed E-state index contributed by atoms with van der Waals surface area (Å²) >= 11 is 6.00. The van der Waals surface area contributed by atoms with Crippen LogP contribution in [0, 0.1) is 0 Å². The first-order valence-corrected chi connectivity index (χ1v) is 7.33. The Morgan fingerprint density at radius 3 is 2.45 bits per heavy atom. The summed E-state index contributed by atoms with van der Waals surface area (Å²) in [5, 5.41) is 9.72. The summed E-state index contributed by atoms with van der Waals surface area (Å²) in [6.45, 7) is 2.50. The number of halogens is 1. The van der Waals surface area contributed by atoms with Gasteiger partial charge in [-0.1, -0.05) is 35.9 Å². The number of para-hydroxylation sites is 1. The molecule has 22 heavy (non-hydrogen) atoms. The topological polar surface area (TPSA) is 55.8 Å². The number of carboxylic acid groups (broad SMARTS) is 1. The predicted molar refractivity (Wildman–Crippen MR) is 84.8 cm³/mol. The zero-order valence-corrected chi connectivity index (χ0v) is 12.9. The lowest BCUT2D eigenvalue weighted by atomic mass is 10.1. The van der Waals surface area contributed by atoms with Gasteiger partial charge < -0.3 is 14.6 Å². The van der Waals surface area contributed by atoms with Gasteiger partial charge in [0.15, 0.2) is 6.10 Å². The first kappa shape index (κ1) is 16.2. The van der Waals surface area contributed by atoms with Crippen molar-refractivity contribution < 1.29 is 19.4 Å². The highest BCUT2D eigenvalue weighted by Gasteiger charge is 2.21. The van der Waals surface area contributed by atoms with Gasteiger partial charge in [0.2, 0.25) is 0 Å². The monoisotopic (exact) mass is 320 g/mol. The number of ether oxygens (including phenoxy) is 2. The fourth-order valence-corrected chi connectivity index (χ4v) is 2.16. The highest BCUT2D eigenvalue weighted by Crippen LogP contribution is 2.25. The molecule has 1 N–H and O–H groups in total. The molecule has 116 valence electrons. The molecule has 0 heterocycles. The number of carbonyl (C=O) groups is 1. The molecule has 0 fully saturated rings. The Labute approximate surface area is 134 Å². The lowest BCUT2D eigenvalue weighted by Gasteiger charge is -2.16. The molecule has 2 aromatic rings. The summed E-state index contributed by atoms with van der Waals surface area (Å²) in [6.07, 6.45) is -0.759. The van der Waals surface area contributed by atoms with Crippen LogP contribution in [-0.2, 0) is 11.2 Å². The Bertz CT molecular complexity index is 625. The number of aliphatic carboxylic acids is 1. The van der Waals surface area contributed by atoms with Gasteiger partial charge in [-0.05, 0) is 36.8 Å². The molecule has 0 bridgehead atoms. The van der Waals surface area contributed by atoms with Gasteiger partial charge in [-0.2, -0.15) is 0 Å². The fourth-order valence-electron chi connectivity index (χ4n) is 1.98. The lowest BCUT2D eigenvalue weighted by Crippen LogP contribution is -2.29. The molecule has 4 nitrogen and oxygen atoms in total. The van der Waals surface area contributed by atoms with Crippen molar-refractivity contribution in [2.45, 2.75) is 19.4 Å². The molecule has 2 rings (SSSR count). The largest absolute Gasteiger partial charge is 0.494 e. The summed E-state index contributed by atoms with van der Waals surface area (Å²) in [6, 6.07) is 14.1. The minimum atomic E-state index is -1.03. The van der Waals surface area contributed by atoms with Crippen molar-refractivity contribution in [3.05, 3.63) is 59.1 Å². The van der Waals surface area contributed by atoms with Crippen molar-refractivity contribution in [1.29, 1.82) is 0 Å². The number of rotatable bonds is 7. The smallest absolute Gasteiger partial charge is 0.345 e. The minimum absolute atomic E-state index is 0.243. The first-order valence-electron chi connectivity index (χ1n) is 6.96. The van der Waals surface area contributed by atoms with Crippen LogP contribution in [-0.4, -0.2) is 23.8 Å². The van der Waals surface area contributed by atoms with Gasteiger partial charge in [-0.15, -0.1) is 0 Å². The van der Waals surface area contributed by atoms with Gasteiger partial charge in [0.05, 0.1) is 11.6 Å². The number of hydrogen-bond donors (Lipinski definition) is 1. The molecule has 0 saturated carbocycles. The van der Waals surface area contributed by atoms with E-state index in [0.717, 1.165) is 11.3 Å². The van der Waals surface area contributed by atoms with Crippen molar-refractivity contribution in [3.63, 3.8) is 0 Å². The third-order valence-corrected chi connectivity index (χ3v) is 3.35. The van der Waals surface area contributed by atoms with Crippen molar-refractivity contribution in [2.24, 2.45) is 0 Å². The van der Waals surface area contributed by atoms with E-state index < -0.39 is 12.1 Å². The lowest BCUT2D eigenvalue weighted by molar-refractivity contribution is -0.145. The summed E-state index contributed by atoms with van der Waals surface area (Å²) in [5.41, 5.74) is 0.850. The van der Waals surface area contributed by atoms with Crippen LogP contribution in [0.25, 0.3) is 0 Å². The second kappa shape index (κ2) is 7.71. The Kier molecular flexibility index (Phi) is 5.67. The normalized spacial score (nSPS) is 11.7. The Morgan fingerprint density at radius 1 is 1.18 bits per heavy atom. The number of benzene rings is 2. The number of hydrogen-bond acceptors (Lipinski definition) is 3. The zero-order chi connectivity index (χ0) is 15.9. The van der Waals surface area contributed by atoms with E-state index in [1.54, 1.807) is 24.3 Å².